The normalized spacial score (nSPS) is 36.0. The van der Waals surface area contributed by atoms with Gasteiger partial charge in [-0.1, -0.05) is 20.3 Å². The first-order valence-electron chi connectivity index (χ1n) is 6.57. The molecule has 0 aromatic carbocycles. The summed E-state index contributed by atoms with van der Waals surface area (Å²) in [4.78, 5) is 5.33. The molecule has 88 valence electrons. The molecule has 3 heterocycles. The molecule has 0 saturated carbocycles. The Labute approximate surface area is 94.6 Å². The third kappa shape index (κ3) is 1.83. The molecule has 15 heavy (non-hydrogen) atoms. The second-order valence-electron chi connectivity index (χ2n) is 5.71. The lowest BCUT2D eigenvalue weighted by molar-refractivity contribution is -0.0904. The number of piperidine rings is 1. The van der Waals surface area contributed by atoms with Gasteiger partial charge in [0.1, 0.15) is 0 Å². The fraction of sp³-hybridized carbons (Fsp3) is 1.00. The quantitative estimate of drug-likeness (QED) is 0.703. The molecule has 3 unspecified atom stereocenters. The zero-order chi connectivity index (χ0) is 11.1. The maximum absolute atomic E-state index is 2.76. The van der Waals surface area contributed by atoms with Crippen molar-refractivity contribution in [3.63, 3.8) is 0 Å². The van der Waals surface area contributed by atoms with Crippen LogP contribution in [0, 0.1) is 0 Å². The van der Waals surface area contributed by atoms with Gasteiger partial charge < -0.3 is 0 Å². The van der Waals surface area contributed by atoms with Crippen LogP contribution in [0.2, 0.25) is 0 Å². The molecule has 0 radical (unpaired) electrons. The molecule has 3 rings (SSSR count). The summed E-state index contributed by atoms with van der Waals surface area (Å²) in [6, 6.07) is 1.71. The Hall–Kier alpha value is -0.0800. The molecule has 0 aromatic rings. The Balaban J connectivity index is 1.99. The van der Waals surface area contributed by atoms with Gasteiger partial charge in [-0.05, 0) is 33.2 Å². The Bertz CT molecular complexity index is 217. The van der Waals surface area contributed by atoms with Gasteiger partial charge in [-0.2, -0.15) is 0 Å². The second kappa shape index (κ2) is 4.06. The smallest absolute Gasteiger partial charge is 0.0239 e. The van der Waals surface area contributed by atoms with Crippen LogP contribution < -0.4 is 0 Å². The first-order valence-corrected chi connectivity index (χ1v) is 6.57. The molecule has 0 N–H and O–H groups in total. The summed E-state index contributed by atoms with van der Waals surface area (Å²) in [6.45, 7) is 9.72. The summed E-state index contributed by atoms with van der Waals surface area (Å²) >= 11 is 0. The molecule has 0 aliphatic carbocycles. The minimum absolute atomic E-state index is 0.465. The molecule has 0 aromatic heterocycles. The van der Waals surface area contributed by atoms with Gasteiger partial charge in [0.05, 0.1) is 0 Å². The van der Waals surface area contributed by atoms with E-state index in [0.29, 0.717) is 5.54 Å². The largest absolute Gasteiger partial charge is 0.298 e. The van der Waals surface area contributed by atoms with E-state index in [1.54, 1.807) is 0 Å². The SMILES string of the molecule is CCCC(C)(CC)N1CC2CC(C1)N2C. The van der Waals surface area contributed by atoms with Crippen LogP contribution in [0.3, 0.4) is 0 Å². The number of fused-ring (bicyclic) bond motifs is 2. The second-order valence-corrected chi connectivity index (χ2v) is 5.71. The summed E-state index contributed by atoms with van der Waals surface area (Å²) in [5.41, 5.74) is 0.465. The predicted molar refractivity (Wildman–Crippen MR) is 65.1 cm³/mol. The van der Waals surface area contributed by atoms with Crippen molar-refractivity contribution in [2.24, 2.45) is 0 Å². The fourth-order valence-corrected chi connectivity index (χ4v) is 3.33. The predicted octanol–water partition coefficient (Wildman–Crippen LogP) is 2.34. The molecular weight excluding hydrogens is 184 g/mol. The van der Waals surface area contributed by atoms with Crippen molar-refractivity contribution in [3.8, 4) is 0 Å². The Morgan fingerprint density at radius 3 is 2.20 bits per heavy atom. The third-order valence-electron chi connectivity index (χ3n) is 4.87. The van der Waals surface area contributed by atoms with Crippen molar-refractivity contribution < 1.29 is 0 Å². The standard InChI is InChI=1S/C13H26N2/c1-5-7-13(3,6-2)15-9-11-8-12(10-15)14(11)4/h11-12H,5-10H2,1-4H3. The van der Waals surface area contributed by atoms with E-state index in [4.69, 9.17) is 0 Å². The minimum Gasteiger partial charge on any atom is -0.298 e. The van der Waals surface area contributed by atoms with Crippen molar-refractivity contribution in [1.29, 1.82) is 0 Å². The molecule has 3 atom stereocenters. The molecule has 3 aliphatic heterocycles. The molecule has 3 fully saturated rings. The van der Waals surface area contributed by atoms with E-state index in [2.05, 4.69) is 37.6 Å². The van der Waals surface area contributed by atoms with Crippen LogP contribution in [-0.4, -0.2) is 47.6 Å². The number of likely N-dealkylation sites (N-methyl/N-ethyl adjacent to an activating group) is 1. The van der Waals surface area contributed by atoms with Crippen LogP contribution in [-0.2, 0) is 0 Å². The molecule has 0 amide bonds. The lowest BCUT2D eigenvalue weighted by atomic mass is 9.82. The highest BCUT2D eigenvalue weighted by Gasteiger charge is 2.46. The molecule has 2 heteroatoms. The minimum atomic E-state index is 0.465. The highest BCUT2D eigenvalue weighted by molar-refractivity contribution is 5.03. The lowest BCUT2D eigenvalue weighted by Crippen LogP contribution is -2.70. The summed E-state index contributed by atoms with van der Waals surface area (Å²) in [6.07, 6.45) is 5.40. The Morgan fingerprint density at radius 2 is 1.80 bits per heavy atom. The van der Waals surface area contributed by atoms with E-state index in [1.807, 2.05) is 0 Å². The van der Waals surface area contributed by atoms with Gasteiger partial charge in [-0.15, -0.1) is 0 Å². The van der Waals surface area contributed by atoms with Crippen molar-refractivity contribution in [2.45, 2.75) is 64.1 Å². The molecular formula is C13H26N2. The van der Waals surface area contributed by atoms with Crippen LogP contribution in [0.5, 0.6) is 0 Å². The van der Waals surface area contributed by atoms with E-state index in [0.717, 1.165) is 12.1 Å². The highest BCUT2D eigenvalue weighted by Crippen LogP contribution is 2.36. The van der Waals surface area contributed by atoms with E-state index >= 15 is 0 Å². The maximum Gasteiger partial charge on any atom is 0.0239 e. The zero-order valence-electron chi connectivity index (χ0n) is 10.8. The fourth-order valence-electron chi connectivity index (χ4n) is 3.33. The topological polar surface area (TPSA) is 6.48 Å². The monoisotopic (exact) mass is 210 g/mol. The summed E-state index contributed by atoms with van der Waals surface area (Å²) in [5, 5.41) is 0. The van der Waals surface area contributed by atoms with Gasteiger partial charge in [-0.25, -0.2) is 0 Å². The van der Waals surface area contributed by atoms with Gasteiger partial charge in [0, 0.05) is 30.7 Å². The van der Waals surface area contributed by atoms with Crippen molar-refractivity contribution in [3.05, 3.63) is 0 Å². The van der Waals surface area contributed by atoms with Crippen molar-refractivity contribution in [1.82, 2.24) is 9.80 Å². The average Bonchev–Trinajstić information content (AvgIpc) is 2.28. The molecule has 3 saturated heterocycles. The number of piperazine rings is 1. The van der Waals surface area contributed by atoms with Crippen LogP contribution in [0.4, 0.5) is 0 Å². The van der Waals surface area contributed by atoms with Gasteiger partial charge in [0.25, 0.3) is 0 Å². The molecule has 2 nitrogen and oxygen atoms in total. The molecule has 3 aliphatic rings. The first kappa shape index (κ1) is 11.4. The van der Waals surface area contributed by atoms with Gasteiger partial charge in [0.2, 0.25) is 0 Å². The van der Waals surface area contributed by atoms with Gasteiger partial charge >= 0.3 is 0 Å². The molecule has 0 spiro atoms. The van der Waals surface area contributed by atoms with Crippen LogP contribution >= 0.6 is 0 Å². The lowest BCUT2D eigenvalue weighted by Gasteiger charge is -2.59. The van der Waals surface area contributed by atoms with E-state index in [-0.39, 0.29) is 0 Å². The van der Waals surface area contributed by atoms with Gasteiger partial charge in [-0.3, -0.25) is 9.80 Å². The van der Waals surface area contributed by atoms with E-state index in [9.17, 15) is 0 Å². The number of hydrogen-bond acceptors (Lipinski definition) is 2. The maximum atomic E-state index is 2.76. The van der Waals surface area contributed by atoms with Crippen LogP contribution in [0.25, 0.3) is 0 Å². The van der Waals surface area contributed by atoms with Crippen molar-refractivity contribution >= 4 is 0 Å². The van der Waals surface area contributed by atoms with E-state index < -0.39 is 0 Å². The number of nitrogens with zero attached hydrogens (tertiary/aromatic N) is 2. The van der Waals surface area contributed by atoms with Crippen LogP contribution in [0.15, 0.2) is 0 Å². The molecule has 2 bridgehead atoms. The Morgan fingerprint density at radius 1 is 1.20 bits per heavy atom. The highest BCUT2D eigenvalue weighted by atomic mass is 15.4. The first-order chi connectivity index (χ1) is 7.10. The van der Waals surface area contributed by atoms with Crippen LogP contribution in [0.1, 0.15) is 46.5 Å². The summed E-state index contributed by atoms with van der Waals surface area (Å²) in [7, 11) is 2.29. The van der Waals surface area contributed by atoms with Crippen molar-refractivity contribution in [2.75, 3.05) is 20.1 Å². The number of hydrogen-bond donors (Lipinski definition) is 0. The Kier molecular flexibility index (Phi) is 3.09. The summed E-state index contributed by atoms with van der Waals surface area (Å²) in [5.74, 6) is 0. The zero-order valence-corrected chi connectivity index (χ0v) is 10.8. The number of rotatable bonds is 4. The third-order valence-corrected chi connectivity index (χ3v) is 4.87. The van der Waals surface area contributed by atoms with Gasteiger partial charge in [0.15, 0.2) is 0 Å². The summed E-state index contributed by atoms with van der Waals surface area (Å²) < 4.78 is 0. The van der Waals surface area contributed by atoms with E-state index in [1.165, 1.54) is 38.8 Å². The average molecular weight is 210 g/mol.